The first-order valence-electron chi connectivity index (χ1n) is 10.7. The number of amidine groups is 1. The van der Waals surface area contributed by atoms with Crippen molar-refractivity contribution in [3.63, 3.8) is 0 Å². The number of H-pyrrole nitrogens is 1. The van der Waals surface area contributed by atoms with E-state index in [0.29, 0.717) is 35.0 Å². The number of para-hydroxylation sites is 1. The summed E-state index contributed by atoms with van der Waals surface area (Å²) in [5.41, 5.74) is 13.6. The Morgan fingerprint density at radius 2 is 1.86 bits per heavy atom. The third-order valence-electron chi connectivity index (χ3n) is 6.07. The number of sulfonamides is 2. The monoisotopic (exact) mass is 517 g/mol. The molecule has 0 radical (unpaired) electrons. The van der Waals surface area contributed by atoms with Crippen LogP contribution in [0.3, 0.4) is 0 Å². The summed E-state index contributed by atoms with van der Waals surface area (Å²) in [4.78, 5) is 10.2. The highest BCUT2D eigenvalue weighted by atomic mass is 32.2. The molecule has 0 unspecified atom stereocenters. The summed E-state index contributed by atoms with van der Waals surface area (Å²) in [7, 11) is -8.93. The molecule has 3 aromatic rings. The van der Waals surface area contributed by atoms with Gasteiger partial charge in [0.1, 0.15) is 9.79 Å². The van der Waals surface area contributed by atoms with Gasteiger partial charge in [0.25, 0.3) is 0 Å². The van der Waals surface area contributed by atoms with Gasteiger partial charge in [-0.1, -0.05) is 24.6 Å². The molecule has 1 aromatic heterocycles. The number of nitrogens with zero attached hydrogens (tertiary/aromatic N) is 4. The van der Waals surface area contributed by atoms with Crippen LogP contribution in [-0.4, -0.2) is 51.4 Å². The lowest BCUT2D eigenvalue weighted by Gasteiger charge is -2.21. The van der Waals surface area contributed by atoms with Crippen molar-refractivity contribution in [3.05, 3.63) is 35.9 Å². The van der Waals surface area contributed by atoms with E-state index in [1.165, 1.54) is 12.1 Å². The summed E-state index contributed by atoms with van der Waals surface area (Å²) in [6.07, 6.45) is 1.96. The van der Waals surface area contributed by atoms with Crippen molar-refractivity contribution in [1.82, 2.24) is 14.7 Å². The largest absolute Gasteiger partial charge is 0.369 e. The van der Waals surface area contributed by atoms with E-state index in [4.69, 9.17) is 16.6 Å². The first-order chi connectivity index (χ1) is 16.6. The van der Waals surface area contributed by atoms with Crippen LogP contribution in [0, 0.1) is 0 Å². The number of fused-ring (bicyclic) bond motifs is 1. The molecule has 1 aliphatic heterocycles. The van der Waals surface area contributed by atoms with E-state index < -0.39 is 35.9 Å². The van der Waals surface area contributed by atoms with Gasteiger partial charge in [-0.2, -0.15) is 5.11 Å². The lowest BCUT2D eigenvalue weighted by atomic mass is 9.97. The maximum Gasteiger partial charge on any atom is 0.242 e. The van der Waals surface area contributed by atoms with Crippen LogP contribution >= 0.6 is 0 Å². The van der Waals surface area contributed by atoms with Crippen molar-refractivity contribution < 1.29 is 16.8 Å². The number of benzene rings is 2. The van der Waals surface area contributed by atoms with Crippen LogP contribution in [0.5, 0.6) is 0 Å². The van der Waals surface area contributed by atoms with E-state index in [1.54, 1.807) is 18.2 Å². The van der Waals surface area contributed by atoms with Gasteiger partial charge in [0.15, 0.2) is 18.5 Å². The van der Waals surface area contributed by atoms with Gasteiger partial charge in [-0.05, 0) is 30.5 Å². The van der Waals surface area contributed by atoms with E-state index in [2.05, 4.69) is 29.9 Å². The van der Waals surface area contributed by atoms with E-state index >= 15 is 0 Å². The average Bonchev–Trinajstić information content (AvgIpc) is 3.53. The second kappa shape index (κ2) is 8.46. The number of aromatic nitrogens is 2. The standard InChI is InChI=1S/C20H23N9O4S2/c21-12-4-2-5-13(12)29-35(32,33)15-8-7-10(11-3-1-6-14-17(11)27-20(22)26-14)16(18(15)34(23,30)31)19-24-9-25-28-19/h1,3,6-8,12-13,29H,2,4-5,9,21H2,(H3,22,26,27)(H2,23,30,31)/t12-,13+/m1/s1. The lowest BCUT2D eigenvalue weighted by Crippen LogP contribution is -2.44. The minimum Gasteiger partial charge on any atom is -0.369 e. The van der Waals surface area contributed by atoms with E-state index in [0.717, 1.165) is 6.42 Å². The molecule has 0 saturated heterocycles. The van der Waals surface area contributed by atoms with Crippen LogP contribution in [0.2, 0.25) is 0 Å². The van der Waals surface area contributed by atoms with Crippen LogP contribution in [-0.2, 0) is 20.0 Å². The summed E-state index contributed by atoms with van der Waals surface area (Å²) < 4.78 is 55.2. The van der Waals surface area contributed by atoms with Crippen molar-refractivity contribution in [3.8, 4) is 11.1 Å². The first-order valence-corrected chi connectivity index (χ1v) is 13.7. The number of rotatable bonds is 6. The number of azo groups is 1. The second-order valence-corrected chi connectivity index (χ2v) is 11.6. The molecule has 0 bridgehead atoms. The molecule has 15 heteroatoms. The lowest BCUT2D eigenvalue weighted by molar-refractivity contribution is 0.520. The highest BCUT2D eigenvalue weighted by Gasteiger charge is 2.36. The van der Waals surface area contributed by atoms with Gasteiger partial charge in [-0.25, -0.2) is 36.7 Å². The average molecular weight is 518 g/mol. The zero-order valence-corrected chi connectivity index (χ0v) is 20.0. The number of primary sulfonamides is 1. The molecule has 35 heavy (non-hydrogen) atoms. The molecule has 2 atom stereocenters. The van der Waals surface area contributed by atoms with Gasteiger partial charge in [-0.15, -0.1) is 5.11 Å². The molecule has 5 rings (SSSR count). The zero-order chi connectivity index (χ0) is 25.0. The minimum atomic E-state index is -4.60. The molecule has 0 amide bonds. The second-order valence-electron chi connectivity index (χ2n) is 8.37. The zero-order valence-electron chi connectivity index (χ0n) is 18.3. The van der Waals surface area contributed by atoms with E-state index in [-0.39, 0.29) is 30.1 Å². The predicted octanol–water partition coefficient (Wildman–Crippen LogP) is 0.788. The summed E-state index contributed by atoms with van der Waals surface area (Å²) >= 11 is 0. The number of nitrogens with one attached hydrogen (secondary N) is 2. The fourth-order valence-corrected chi connectivity index (χ4v) is 7.45. The minimum absolute atomic E-state index is 0.0372. The topological polar surface area (TPSA) is 224 Å². The Morgan fingerprint density at radius 1 is 1.06 bits per heavy atom. The number of aliphatic imine (C=N–C) groups is 1. The Bertz CT molecular complexity index is 1610. The molecule has 1 aliphatic carbocycles. The van der Waals surface area contributed by atoms with Crippen LogP contribution < -0.4 is 21.3 Å². The quantitative estimate of drug-likeness (QED) is 0.315. The SMILES string of the molecule is Nc1nc2c(-c3ccc(S(=O)(=O)N[C@H]4CCC[C@H]4N)c(S(N)(=O)=O)c3C3=NCN=N3)cccc2[nH]1. The molecule has 1 fully saturated rings. The normalized spacial score (nSPS) is 20.6. The van der Waals surface area contributed by atoms with Crippen LogP contribution in [0.4, 0.5) is 5.95 Å². The molecular formula is C20H23N9O4S2. The van der Waals surface area contributed by atoms with E-state index in [9.17, 15) is 16.8 Å². The highest BCUT2D eigenvalue weighted by molar-refractivity contribution is 7.92. The Kier molecular flexibility index (Phi) is 5.68. The van der Waals surface area contributed by atoms with Gasteiger partial charge in [0, 0.05) is 17.6 Å². The van der Waals surface area contributed by atoms with Crippen LogP contribution in [0.15, 0.2) is 55.3 Å². The van der Waals surface area contributed by atoms with Crippen molar-refractivity contribution in [1.29, 1.82) is 0 Å². The van der Waals surface area contributed by atoms with Gasteiger partial charge >= 0.3 is 0 Å². The van der Waals surface area contributed by atoms with Gasteiger partial charge in [-0.3, -0.25) is 0 Å². The molecule has 8 N–H and O–H groups in total. The fraction of sp³-hybridized carbons (Fsp3) is 0.300. The fourth-order valence-electron chi connectivity index (χ4n) is 4.53. The number of nitrogen functional groups attached to an aromatic ring is 1. The summed E-state index contributed by atoms with van der Waals surface area (Å²) in [6, 6.07) is 6.94. The number of nitrogens with two attached hydrogens (primary N) is 3. The number of anilines is 1. The molecule has 2 aliphatic rings. The molecule has 13 nitrogen and oxygen atoms in total. The molecular weight excluding hydrogens is 494 g/mol. The Labute approximate surface area is 201 Å². The number of hydrogen-bond donors (Lipinski definition) is 5. The molecule has 2 heterocycles. The maximum absolute atomic E-state index is 13.4. The maximum atomic E-state index is 13.4. The van der Waals surface area contributed by atoms with Gasteiger partial charge in [0.2, 0.25) is 20.0 Å². The Hall–Kier alpha value is -3.24. The van der Waals surface area contributed by atoms with Gasteiger partial charge in [0.05, 0.1) is 16.6 Å². The van der Waals surface area contributed by atoms with Crippen LogP contribution in [0.1, 0.15) is 24.8 Å². The number of imidazole rings is 1. The first kappa shape index (κ1) is 23.5. The summed E-state index contributed by atoms with van der Waals surface area (Å²) in [5.74, 6) is 0.106. The highest BCUT2D eigenvalue weighted by Crippen LogP contribution is 2.37. The molecule has 1 saturated carbocycles. The van der Waals surface area contributed by atoms with Crippen molar-refractivity contribution in [2.24, 2.45) is 26.1 Å². The van der Waals surface area contributed by atoms with Gasteiger partial charge < -0.3 is 16.5 Å². The van der Waals surface area contributed by atoms with Crippen molar-refractivity contribution in [2.45, 2.75) is 41.1 Å². The summed E-state index contributed by atoms with van der Waals surface area (Å²) in [6.45, 7) is -0.0372. The molecule has 184 valence electrons. The van der Waals surface area contributed by atoms with Crippen molar-refractivity contribution in [2.75, 3.05) is 12.4 Å². The van der Waals surface area contributed by atoms with E-state index in [1.807, 2.05) is 0 Å². The summed E-state index contributed by atoms with van der Waals surface area (Å²) in [5, 5.41) is 13.4. The number of hydrogen-bond acceptors (Lipinski definition) is 10. The predicted molar refractivity (Wildman–Crippen MR) is 130 cm³/mol. The van der Waals surface area contributed by atoms with Crippen LogP contribution in [0.25, 0.3) is 22.2 Å². The van der Waals surface area contributed by atoms with Crippen molar-refractivity contribution >= 4 is 42.9 Å². The third-order valence-corrected chi connectivity index (χ3v) is 8.72. The Morgan fingerprint density at radius 3 is 2.51 bits per heavy atom. The molecule has 0 spiro atoms. The third kappa shape index (κ3) is 4.21. The Balaban J connectivity index is 1.80. The smallest absolute Gasteiger partial charge is 0.242 e. The number of aromatic amines is 1. The molecule has 2 aromatic carbocycles.